The van der Waals surface area contributed by atoms with Crippen molar-refractivity contribution in [3.8, 4) is 0 Å². The van der Waals surface area contributed by atoms with Gasteiger partial charge in [0.25, 0.3) is 5.91 Å². The van der Waals surface area contributed by atoms with Crippen LogP contribution in [0.25, 0.3) is 0 Å². The number of nitrogens with zero attached hydrogens (tertiary/aromatic N) is 2. The summed E-state index contributed by atoms with van der Waals surface area (Å²) in [5, 5.41) is 1.35. The fourth-order valence-electron chi connectivity index (χ4n) is 1.86. The smallest absolute Gasteiger partial charge is 0.279 e. The predicted octanol–water partition coefficient (Wildman–Crippen LogP) is 1.45. The fourth-order valence-corrected chi connectivity index (χ4v) is 1.86. The van der Waals surface area contributed by atoms with Crippen LogP contribution in [0.1, 0.15) is 23.7 Å². The Morgan fingerprint density at radius 1 is 1.33 bits per heavy atom. The summed E-state index contributed by atoms with van der Waals surface area (Å²) in [6.07, 6.45) is 0.844. The number of carbonyl (C=O) groups excluding carboxylic acids is 2. The summed E-state index contributed by atoms with van der Waals surface area (Å²) in [6.45, 7) is 2.63. The SMILES string of the molecule is CC(=O)N(C)c1ccccc1C(=O)N1CCCO1. The van der Waals surface area contributed by atoms with E-state index < -0.39 is 0 Å². The van der Waals surface area contributed by atoms with Crippen molar-refractivity contribution >= 4 is 17.5 Å². The van der Waals surface area contributed by atoms with E-state index in [9.17, 15) is 9.59 Å². The molecule has 0 bridgehead atoms. The van der Waals surface area contributed by atoms with Crippen LogP contribution < -0.4 is 4.90 Å². The summed E-state index contributed by atoms with van der Waals surface area (Å²) in [6, 6.07) is 7.04. The fraction of sp³-hybridized carbons (Fsp3) is 0.385. The highest BCUT2D eigenvalue weighted by Crippen LogP contribution is 2.22. The lowest BCUT2D eigenvalue weighted by Gasteiger charge is -2.21. The molecule has 1 saturated heterocycles. The lowest BCUT2D eigenvalue weighted by molar-refractivity contribution is -0.116. The predicted molar refractivity (Wildman–Crippen MR) is 67.1 cm³/mol. The zero-order chi connectivity index (χ0) is 13.1. The van der Waals surface area contributed by atoms with Gasteiger partial charge in [0.05, 0.1) is 24.4 Å². The molecular weight excluding hydrogens is 232 g/mol. The van der Waals surface area contributed by atoms with E-state index in [-0.39, 0.29) is 11.8 Å². The summed E-state index contributed by atoms with van der Waals surface area (Å²) in [7, 11) is 1.65. The van der Waals surface area contributed by atoms with E-state index >= 15 is 0 Å². The van der Waals surface area contributed by atoms with Crippen LogP contribution in [0.5, 0.6) is 0 Å². The number of hydrogen-bond donors (Lipinski definition) is 0. The van der Waals surface area contributed by atoms with Crippen LogP contribution in [-0.2, 0) is 9.63 Å². The standard InChI is InChI=1S/C13H16N2O3/c1-10(16)14(2)12-7-4-3-6-11(12)13(17)15-8-5-9-18-15/h3-4,6-7H,5,8-9H2,1-2H3. The average molecular weight is 248 g/mol. The zero-order valence-corrected chi connectivity index (χ0v) is 10.5. The van der Waals surface area contributed by atoms with Gasteiger partial charge < -0.3 is 4.90 Å². The normalized spacial score (nSPS) is 14.7. The molecule has 0 spiro atoms. The van der Waals surface area contributed by atoms with Gasteiger partial charge in [-0.3, -0.25) is 14.4 Å². The van der Waals surface area contributed by atoms with Crippen molar-refractivity contribution in [3.63, 3.8) is 0 Å². The molecule has 18 heavy (non-hydrogen) atoms. The second-order valence-corrected chi connectivity index (χ2v) is 4.19. The molecule has 0 saturated carbocycles. The first-order valence-corrected chi connectivity index (χ1v) is 5.89. The van der Waals surface area contributed by atoms with Crippen molar-refractivity contribution in [2.75, 3.05) is 25.1 Å². The number of hydroxylamine groups is 2. The zero-order valence-electron chi connectivity index (χ0n) is 10.5. The van der Waals surface area contributed by atoms with Crippen LogP contribution in [-0.4, -0.2) is 37.1 Å². The highest BCUT2D eigenvalue weighted by molar-refractivity contribution is 6.03. The van der Waals surface area contributed by atoms with Gasteiger partial charge in [-0.25, -0.2) is 5.06 Å². The van der Waals surface area contributed by atoms with E-state index in [0.717, 1.165) is 6.42 Å². The minimum atomic E-state index is -0.198. The first-order chi connectivity index (χ1) is 8.61. The number of benzene rings is 1. The molecule has 1 fully saturated rings. The van der Waals surface area contributed by atoms with Crippen LogP contribution in [0.15, 0.2) is 24.3 Å². The minimum Gasteiger partial charge on any atom is -0.315 e. The Morgan fingerprint density at radius 3 is 2.67 bits per heavy atom. The Bertz CT molecular complexity index is 467. The van der Waals surface area contributed by atoms with Crippen LogP contribution in [0.4, 0.5) is 5.69 Å². The number of rotatable bonds is 2. The van der Waals surface area contributed by atoms with Gasteiger partial charge in [0.15, 0.2) is 0 Å². The molecule has 1 aliphatic heterocycles. The van der Waals surface area contributed by atoms with Gasteiger partial charge in [-0.1, -0.05) is 12.1 Å². The molecule has 2 amide bonds. The largest absolute Gasteiger partial charge is 0.315 e. The van der Waals surface area contributed by atoms with E-state index in [1.807, 2.05) is 0 Å². The van der Waals surface area contributed by atoms with Gasteiger partial charge >= 0.3 is 0 Å². The third kappa shape index (κ3) is 2.36. The van der Waals surface area contributed by atoms with Crippen LogP contribution >= 0.6 is 0 Å². The number of hydrogen-bond acceptors (Lipinski definition) is 3. The third-order valence-corrected chi connectivity index (χ3v) is 2.95. The van der Waals surface area contributed by atoms with Crippen LogP contribution in [0, 0.1) is 0 Å². The average Bonchev–Trinajstić information content (AvgIpc) is 2.90. The Labute approximate surface area is 106 Å². The number of amides is 2. The van der Waals surface area contributed by atoms with Gasteiger partial charge in [-0.05, 0) is 18.6 Å². The molecule has 1 aliphatic rings. The maximum Gasteiger partial charge on any atom is 0.279 e. The second-order valence-electron chi connectivity index (χ2n) is 4.19. The van der Waals surface area contributed by atoms with E-state index in [2.05, 4.69) is 0 Å². The molecular formula is C13H16N2O3. The van der Waals surface area contributed by atoms with Crippen molar-refractivity contribution in [2.24, 2.45) is 0 Å². The maximum atomic E-state index is 12.3. The number of carbonyl (C=O) groups is 2. The quantitative estimate of drug-likeness (QED) is 0.796. The summed E-state index contributed by atoms with van der Waals surface area (Å²) in [4.78, 5) is 30.4. The molecule has 1 heterocycles. The van der Waals surface area contributed by atoms with Gasteiger partial charge in [-0.2, -0.15) is 0 Å². The minimum absolute atomic E-state index is 0.113. The molecule has 0 atom stereocenters. The summed E-state index contributed by atoms with van der Waals surface area (Å²) in [5.74, 6) is -0.311. The van der Waals surface area contributed by atoms with Gasteiger partial charge in [0, 0.05) is 14.0 Å². The molecule has 5 nitrogen and oxygen atoms in total. The molecule has 1 aromatic carbocycles. The summed E-state index contributed by atoms with van der Waals surface area (Å²) >= 11 is 0. The van der Waals surface area contributed by atoms with Gasteiger partial charge in [0.2, 0.25) is 5.91 Å². The molecule has 5 heteroatoms. The van der Waals surface area contributed by atoms with Crippen LogP contribution in [0.3, 0.4) is 0 Å². The molecule has 0 radical (unpaired) electrons. The third-order valence-electron chi connectivity index (χ3n) is 2.95. The molecule has 96 valence electrons. The van der Waals surface area contributed by atoms with Gasteiger partial charge in [-0.15, -0.1) is 0 Å². The molecule has 0 aliphatic carbocycles. The van der Waals surface area contributed by atoms with Crippen molar-refractivity contribution in [3.05, 3.63) is 29.8 Å². The van der Waals surface area contributed by atoms with Crippen molar-refractivity contribution in [1.29, 1.82) is 0 Å². The lowest BCUT2D eigenvalue weighted by Crippen LogP contribution is -2.30. The Kier molecular flexibility index (Phi) is 3.62. The Hall–Kier alpha value is -1.88. The van der Waals surface area contributed by atoms with Gasteiger partial charge in [0.1, 0.15) is 0 Å². The molecule has 0 N–H and O–H groups in total. The Balaban J connectivity index is 2.32. The highest BCUT2D eigenvalue weighted by Gasteiger charge is 2.24. The topological polar surface area (TPSA) is 49.9 Å². The molecule has 0 aromatic heterocycles. The second kappa shape index (κ2) is 5.18. The molecule has 0 unspecified atom stereocenters. The maximum absolute atomic E-state index is 12.3. The van der Waals surface area contributed by atoms with Crippen molar-refractivity contribution in [1.82, 2.24) is 5.06 Å². The van der Waals surface area contributed by atoms with E-state index in [4.69, 9.17) is 4.84 Å². The molecule has 2 rings (SSSR count). The summed E-state index contributed by atoms with van der Waals surface area (Å²) < 4.78 is 0. The lowest BCUT2D eigenvalue weighted by atomic mass is 10.1. The number of para-hydroxylation sites is 1. The first kappa shape index (κ1) is 12.6. The number of anilines is 1. The highest BCUT2D eigenvalue weighted by atomic mass is 16.7. The van der Waals surface area contributed by atoms with E-state index in [1.54, 1.807) is 31.3 Å². The monoisotopic (exact) mass is 248 g/mol. The first-order valence-electron chi connectivity index (χ1n) is 5.89. The summed E-state index contributed by atoms with van der Waals surface area (Å²) in [5.41, 5.74) is 1.09. The van der Waals surface area contributed by atoms with Crippen LogP contribution in [0.2, 0.25) is 0 Å². The van der Waals surface area contributed by atoms with E-state index in [1.165, 1.54) is 16.9 Å². The van der Waals surface area contributed by atoms with Crippen molar-refractivity contribution < 1.29 is 14.4 Å². The van der Waals surface area contributed by atoms with E-state index in [0.29, 0.717) is 24.4 Å². The van der Waals surface area contributed by atoms with Crippen molar-refractivity contribution in [2.45, 2.75) is 13.3 Å². The Morgan fingerprint density at radius 2 is 2.06 bits per heavy atom. The molecule has 1 aromatic rings.